The van der Waals surface area contributed by atoms with Gasteiger partial charge in [0.1, 0.15) is 0 Å². The van der Waals surface area contributed by atoms with Crippen molar-refractivity contribution in [3.63, 3.8) is 0 Å². The number of benzene rings is 6. The second-order valence-electron chi connectivity index (χ2n) is 11.2. The third-order valence-corrected chi connectivity index (χ3v) is 8.06. The predicted molar refractivity (Wildman–Crippen MR) is 189 cm³/mol. The minimum atomic E-state index is -0.226. The molecule has 0 bridgehead atoms. The van der Waals surface area contributed by atoms with Crippen LogP contribution in [0.4, 0.5) is 0 Å². The summed E-state index contributed by atoms with van der Waals surface area (Å²) in [5.74, 6) is 0. The van der Waals surface area contributed by atoms with E-state index in [2.05, 4.69) is 133 Å². The molecule has 224 valence electrons. The lowest BCUT2D eigenvalue weighted by atomic mass is 9.54. The maximum atomic E-state index is 6.34. The molecule has 0 aliphatic heterocycles. The second kappa shape index (κ2) is 15.2. The van der Waals surface area contributed by atoms with Crippen molar-refractivity contribution in [3.05, 3.63) is 145 Å². The van der Waals surface area contributed by atoms with Gasteiger partial charge in [0.2, 0.25) is 0 Å². The van der Waals surface area contributed by atoms with Gasteiger partial charge in [-0.15, -0.1) is 0 Å². The van der Waals surface area contributed by atoms with E-state index < -0.39 is 0 Å². The fourth-order valence-electron chi connectivity index (χ4n) is 6.04. The van der Waals surface area contributed by atoms with Crippen molar-refractivity contribution in [1.29, 1.82) is 0 Å². The smallest absolute Gasteiger partial charge is 0.362 e. The van der Waals surface area contributed by atoms with Crippen molar-refractivity contribution in [2.45, 2.75) is 13.2 Å². The Bertz CT molecular complexity index is 1720. The Morgan fingerprint density at radius 3 is 1.36 bits per heavy atom. The van der Waals surface area contributed by atoms with Gasteiger partial charge in [-0.25, -0.2) is 0 Å². The number of fused-ring (bicyclic) bond motifs is 2. The SMILES string of the molecule is NCCOB(c1cccc(COCc2cccc(B(OCCN)c3cccc4ccccc34)c2)c1)c1cccc2ccccc12. The number of ether oxygens (including phenoxy) is 1. The van der Waals surface area contributed by atoms with Crippen LogP contribution in [0, 0.1) is 0 Å². The van der Waals surface area contributed by atoms with Crippen LogP contribution in [-0.4, -0.2) is 40.1 Å². The van der Waals surface area contributed by atoms with Crippen molar-refractivity contribution in [2.75, 3.05) is 26.3 Å². The topological polar surface area (TPSA) is 79.7 Å². The Hall–Kier alpha value is -4.23. The zero-order chi connectivity index (χ0) is 30.8. The number of rotatable bonds is 14. The van der Waals surface area contributed by atoms with Gasteiger partial charge in [-0.1, -0.05) is 133 Å². The van der Waals surface area contributed by atoms with Crippen LogP contribution in [0.2, 0.25) is 0 Å². The van der Waals surface area contributed by atoms with E-state index in [4.69, 9.17) is 25.5 Å². The predicted octanol–water partition coefficient (Wildman–Crippen LogP) is 3.87. The minimum absolute atomic E-state index is 0.226. The second-order valence-corrected chi connectivity index (χ2v) is 11.2. The fraction of sp³-hybridized carbons (Fsp3) is 0.158. The lowest BCUT2D eigenvalue weighted by Gasteiger charge is -2.18. The highest BCUT2D eigenvalue weighted by Gasteiger charge is 2.25. The van der Waals surface area contributed by atoms with Gasteiger partial charge in [0, 0.05) is 26.3 Å². The van der Waals surface area contributed by atoms with Crippen LogP contribution in [0.15, 0.2) is 133 Å². The number of hydrogen-bond acceptors (Lipinski definition) is 5. The highest BCUT2D eigenvalue weighted by molar-refractivity contribution is 6.82. The molecule has 0 fully saturated rings. The lowest BCUT2D eigenvalue weighted by Crippen LogP contribution is -2.46. The molecule has 6 aromatic carbocycles. The summed E-state index contributed by atoms with van der Waals surface area (Å²) in [6.45, 7) is 2.37. The van der Waals surface area contributed by atoms with E-state index in [1.165, 1.54) is 21.5 Å². The van der Waals surface area contributed by atoms with Crippen LogP contribution in [0.5, 0.6) is 0 Å². The summed E-state index contributed by atoms with van der Waals surface area (Å²) in [6.07, 6.45) is 0. The van der Waals surface area contributed by atoms with E-state index in [9.17, 15) is 0 Å². The van der Waals surface area contributed by atoms with E-state index in [0.717, 1.165) is 33.0 Å². The summed E-state index contributed by atoms with van der Waals surface area (Å²) < 4.78 is 19.0. The average Bonchev–Trinajstić information content (AvgIpc) is 3.09. The first-order chi connectivity index (χ1) is 22.2. The van der Waals surface area contributed by atoms with Crippen LogP contribution in [-0.2, 0) is 27.3 Å². The summed E-state index contributed by atoms with van der Waals surface area (Å²) in [4.78, 5) is 0. The molecule has 0 atom stereocenters. The van der Waals surface area contributed by atoms with E-state index in [-0.39, 0.29) is 13.8 Å². The Kier molecular flexibility index (Phi) is 10.4. The number of hydrogen-bond donors (Lipinski definition) is 2. The summed E-state index contributed by atoms with van der Waals surface area (Å²) in [6, 6.07) is 46.5. The molecule has 0 unspecified atom stereocenters. The van der Waals surface area contributed by atoms with Gasteiger partial charge in [0.05, 0.1) is 13.2 Å². The zero-order valence-corrected chi connectivity index (χ0v) is 25.5. The maximum Gasteiger partial charge on any atom is 0.362 e. The van der Waals surface area contributed by atoms with E-state index in [0.29, 0.717) is 39.5 Å². The Morgan fingerprint density at radius 2 is 0.889 bits per heavy atom. The van der Waals surface area contributed by atoms with Crippen molar-refractivity contribution in [3.8, 4) is 0 Å². The van der Waals surface area contributed by atoms with Crippen molar-refractivity contribution < 1.29 is 14.0 Å². The molecule has 0 amide bonds. The molecule has 6 aromatic rings. The average molecular weight is 592 g/mol. The van der Waals surface area contributed by atoms with Crippen LogP contribution < -0.4 is 33.3 Å². The quantitative estimate of drug-likeness (QED) is 0.188. The summed E-state index contributed by atoms with van der Waals surface area (Å²) >= 11 is 0. The normalized spacial score (nSPS) is 11.2. The molecule has 45 heavy (non-hydrogen) atoms. The lowest BCUT2D eigenvalue weighted by molar-refractivity contribution is 0.107. The minimum Gasteiger partial charge on any atom is -0.426 e. The van der Waals surface area contributed by atoms with Crippen molar-refractivity contribution >= 4 is 57.2 Å². The molecule has 0 spiro atoms. The number of nitrogens with two attached hydrogens (primary N) is 2. The van der Waals surface area contributed by atoms with Gasteiger partial charge in [-0.2, -0.15) is 0 Å². The maximum absolute atomic E-state index is 6.34. The van der Waals surface area contributed by atoms with Crippen molar-refractivity contribution in [2.24, 2.45) is 11.5 Å². The van der Waals surface area contributed by atoms with Gasteiger partial charge < -0.3 is 25.5 Å². The Balaban J connectivity index is 1.19. The Morgan fingerprint density at radius 1 is 0.467 bits per heavy atom. The summed E-state index contributed by atoms with van der Waals surface area (Å²) in [5, 5.41) is 4.74. The van der Waals surface area contributed by atoms with Gasteiger partial charge in [0.15, 0.2) is 0 Å². The molecule has 0 radical (unpaired) electrons. The molecule has 0 heterocycles. The molecule has 4 N–H and O–H groups in total. The summed E-state index contributed by atoms with van der Waals surface area (Å²) in [7, 11) is 0. The van der Waals surface area contributed by atoms with E-state index in [1.807, 2.05) is 0 Å². The molecule has 6 rings (SSSR count). The van der Waals surface area contributed by atoms with Crippen LogP contribution in [0.25, 0.3) is 21.5 Å². The van der Waals surface area contributed by atoms with E-state index in [1.54, 1.807) is 0 Å². The van der Waals surface area contributed by atoms with Crippen molar-refractivity contribution in [1.82, 2.24) is 0 Å². The molecule has 0 saturated heterocycles. The monoisotopic (exact) mass is 592 g/mol. The third kappa shape index (κ3) is 7.36. The van der Waals surface area contributed by atoms with Gasteiger partial charge >= 0.3 is 13.8 Å². The molecule has 7 heteroatoms. The third-order valence-electron chi connectivity index (χ3n) is 8.06. The zero-order valence-electron chi connectivity index (χ0n) is 25.5. The van der Waals surface area contributed by atoms with E-state index >= 15 is 0 Å². The molecule has 0 aliphatic carbocycles. The highest BCUT2D eigenvalue weighted by Crippen LogP contribution is 2.15. The molecular formula is C38H38B2N2O3. The first-order valence-corrected chi connectivity index (χ1v) is 15.6. The van der Waals surface area contributed by atoms with Crippen LogP contribution >= 0.6 is 0 Å². The molecule has 0 aromatic heterocycles. The molecule has 5 nitrogen and oxygen atoms in total. The van der Waals surface area contributed by atoms with Crippen LogP contribution in [0.3, 0.4) is 0 Å². The van der Waals surface area contributed by atoms with Gasteiger partial charge in [-0.05, 0) is 54.5 Å². The molecule has 0 aliphatic rings. The largest absolute Gasteiger partial charge is 0.426 e. The fourth-order valence-corrected chi connectivity index (χ4v) is 6.04. The first kappa shape index (κ1) is 30.8. The molecular weight excluding hydrogens is 554 g/mol. The van der Waals surface area contributed by atoms with Gasteiger partial charge in [0.25, 0.3) is 0 Å². The highest BCUT2D eigenvalue weighted by atomic mass is 16.5. The summed E-state index contributed by atoms with van der Waals surface area (Å²) in [5.41, 5.74) is 18.3. The standard InChI is InChI=1S/C38H38B2N2O3/c41-21-23-44-39(37-19-7-13-31-11-1-3-17-35(31)37)33-15-5-9-29(25-33)27-43-28-30-10-6-16-34(26-30)40(45-24-22-42)38-20-8-14-32-12-2-4-18-36(32)38/h1-20,25-26H,21-24,27-28,41-42H2. The first-order valence-electron chi connectivity index (χ1n) is 15.6. The van der Waals surface area contributed by atoms with Crippen LogP contribution in [0.1, 0.15) is 11.1 Å². The molecule has 0 saturated carbocycles. The Labute approximate surface area is 266 Å². The van der Waals surface area contributed by atoms with Gasteiger partial charge in [-0.3, -0.25) is 0 Å².